The molecule has 7 nitrogen and oxygen atoms in total. The molecule has 0 radical (unpaired) electrons. The summed E-state index contributed by atoms with van der Waals surface area (Å²) < 4.78 is 3.78. The summed E-state index contributed by atoms with van der Waals surface area (Å²) >= 11 is 0. The number of carbonyl (C=O) groups excluding carboxylic acids is 1. The van der Waals surface area contributed by atoms with Crippen molar-refractivity contribution in [3.63, 3.8) is 0 Å². The van der Waals surface area contributed by atoms with E-state index >= 15 is 0 Å². The average Bonchev–Trinajstić information content (AvgIpc) is 3.24. The molecule has 2 aliphatic heterocycles. The second-order valence-electron chi connectivity index (χ2n) is 6.84. The number of fused-ring (bicyclic) bond motifs is 1. The van der Waals surface area contributed by atoms with Gasteiger partial charge >= 0.3 is 0 Å². The van der Waals surface area contributed by atoms with Gasteiger partial charge in [0.25, 0.3) is 5.91 Å². The third kappa shape index (κ3) is 2.96. The highest BCUT2D eigenvalue weighted by Crippen LogP contribution is 2.23. The van der Waals surface area contributed by atoms with Gasteiger partial charge in [0.05, 0.1) is 18.3 Å². The van der Waals surface area contributed by atoms with Crippen molar-refractivity contribution in [1.82, 2.24) is 29.4 Å². The Balaban J connectivity index is 1.53. The number of rotatable bonds is 3. The first-order valence-electron chi connectivity index (χ1n) is 8.74. The molecule has 0 saturated carbocycles. The van der Waals surface area contributed by atoms with Gasteiger partial charge in [0.15, 0.2) is 0 Å². The second-order valence-corrected chi connectivity index (χ2v) is 6.84. The Labute approximate surface area is 141 Å². The van der Waals surface area contributed by atoms with Crippen molar-refractivity contribution < 1.29 is 4.79 Å². The molecule has 0 aromatic carbocycles. The van der Waals surface area contributed by atoms with Crippen LogP contribution in [0.1, 0.15) is 41.5 Å². The number of nitrogens with zero attached hydrogens (tertiary/aromatic N) is 6. The molecule has 1 fully saturated rings. The van der Waals surface area contributed by atoms with E-state index < -0.39 is 0 Å². The molecule has 0 N–H and O–H groups in total. The number of hydrogen-bond acceptors (Lipinski definition) is 4. The van der Waals surface area contributed by atoms with Crippen molar-refractivity contribution in [3.05, 3.63) is 35.9 Å². The van der Waals surface area contributed by atoms with Gasteiger partial charge in [-0.15, -0.1) is 0 Å². The van der Waals surface area contributed by atoms with E-state index in [4.69, 9.17) is 0 Å². The minimum Gasteiger partial charge on any atom is -0.329 e. The Morgan fingerprint density at radius 2 is 2.08 bits per heavy atom. The van der Waals surface area contributed by atoms with Crippen LogP contribution < -0.4 is 0 Å². The lowest BCUT2D eigenvalue weighted by Crippen LogP contribution is -2.46. The number of piperidine rings is 1. The van der Waals surface area contributed by atoms with Gasteiger partial charge in [-0.25, -0.2) is 0 Å². The first-order valence-corrected chi connectivity index (χ1v) is 8.74. The van der Waals surface area contributed by atoms with E-state index in [0.717, 1.165) is 25.3 Å². The van der Waals surface area contributed by atoms with Crippen LogP contribution in [0.5, 0.6) is 0 Å². The van der Waals surface area contributed by atoms with Crippen molar-refractivity contribution in [2.45, 2.75) is 31.8 Å². The molecule has 0 spiro atoms. The molecule has 1 saturated heterocycles. The van der Waals surface area contributed by atoms with Crippen LogP contribution in [0.25, 0.3) is 0 Å². The molecule has 7 heteroatoms. The fourth-order valence-corrected chi connectivity index (χ4v) is 3.81. The molecule has 2 aromatic rings. The zero-order valence-electron chi connectivity index (χ0n) is 14.1. The molecular weight excluding hydrogens is 304 g/mol. The molecule has 0 unspecified atom stereocenters. The lowest BCUT2D eigenvalue weighted by atomic mass is 10.1. The second kappa shape index (κ2) is 6.39. The summed E-state index contributed by atoms with van der Waals surface area (Å²) in [6.45, 7) is 4.57. The van der Waals surface area contributed by atoms with Gasteiger partial charge in [0.2, 0.25) is 0 Å². The fraction of sp³-hybridized carbons (Fsp3) is 0.588. The topological polar surface area (TPSA) is 59.2 Å². The summed E-state index contributed by atoms with van der Waals surface area (Å²) in [5, 5.41) is 8.77. The van der Waals surface area contributed by atoms with Crippen molar-refractivity contribution in [1.29, 1.82) is 0 Å². The first-order chi connectivity index (χ1) is 11.7. The van der Waals surface area contributed by atoms with Crippen molar-refractivity contribution in [2.24, 2.45) is 7.05 Å². The van der Waals surface area contributed by atoms with Crippen LogP contribution >= 0.6 is 0 Å². The monoisotopic (exact) mass is 328 g/mol. The third-order valence-electron chi connectivity index (χ3n) is 5.02. The molecule has 0 aliphatic carbocycles. The Morgan fingerprint density at radius 1 is 1.25 bits per heavy atom. The molecule has 128 valence electrons. The lowest BCUT2D eigenvalue weighted by molar-refractivity contribution is 0.0624. The Morgan fingerprint density at radius 3 is 2.83 bits per heavy atom. The van der Waals surface area contributed by atoms with E-state index in [0.29, 0.717) is 18.8 Å². The smallest absolute Gasteiger partial charge is 0.274 e. The maximum absolute atomic E-state index is 12.8. The SMILES string of the molecule is Cn1ccc(C(=O)N2Cc3ccnn3[C@H](CN3CCCCC3)C2)n1. The highest BCUT2D eigenvalue weighted by Gasteiger charge is 2.31. The minimum atomic E-state index is 0.00620. The molecule has 0 bridgehead atoms. The number of amides is 1. The van der Waals surface area contributed by atoms with Gasteiger partial charge in [-0.05, 0) is 38.1 Å². The third-order valence-corrected chi connectivity index (χ3v) is 5.02. The molecular formula is C17H24N6O. The number of likely N-dealkylation sites (tertiary alicyclic amines) is 1. The van der Waals surface area contributed by atoms with Gasteiger partial charge in [-0.2, -0.15) is 10.2 Å². The predicted molar refractivity (Wildman–Crippen MR) is 89.5 cm³/mol. The van der Waals surface area contributed by atoms with Gasteiger partial charge in [0, 0.05) is 32.5 Å². The van der Waals surface area contributed by atoms with Crippen LogP contribution in [-0.4, -0.2) is 61.4 Å². The summed E-state index contributed by atoms with van der Waals surface area (Å²) in [7, 11) is 1.83. The Hall–Kier alpha value is -2.15. The Kier molecular flexibility index (Phi) is 4.10. The summed E-state index contributed by atoms with van der Waals surface area (Å²) in [6, 6.07) is 4.02. The van der Waals surface area contributed by atoms with Crippen LogP contribution in [0.3, 0.4) is 0 Å². The zero-order chi connectivity index (χ0) is 16.5. The van der Waals surface area contributed by atoms with Gasteiger partial charge < -0.3 is 9.80 Å². The number of carbonyl (C=O) groups is 1. The highest BCUT2D eigenvalue weighted by molar-refractivity contribution is 5.92. The zero-order valence-corrected chi connectivity index (χ0v) is 14.1. The van der Waals surface area contributed by atoms with Crippen LogP contribution in [0, 0.1) is 0 Å². The quantitative estimate of drug-likeness (QED) is 0.852. The van der Waals surface area contributed by atoms with E-state index in [-0.39, 0.29) is 11.9 Å². The molecule has 4 heterocycles. The van der Waals surface area contributed by atoms with Crippen LogP contribution in [-0.2, 0) is 13.6 Å². The number of aryl methyl sites for hydroxylation is 1. The Bertz CT molecular complexity index is 714. The summed E-state index contributed by atoms with van der Waals surface area (Å²) in [4.78, 5) is 17.2. The minimum absolute atomic E-state index is 0.00620. The first kappa shape index (κ1) is 15.4. The summed E-state index contributed by atoms with van der Waals surface area (Å²) in [5.74, 6) is 0.00620. The van der Waals surface area contributed by atoms with E-state index in [1.807, 2.05) is 30.4 Å². The fourth-order valence-electron chi connectivity index (χ4n) is 3.81. The van der Waals surface area contributed by atoms with Gasteiger partial charge in [0.1, 0.15) is 5.69 Å². The van der Waals surface area contributed by atoms with E-state index in [2.05, 4.69) is 19.8 Å². The molecule has 1 atom stereocenters. The van der Waals surface area contributed by atoms with Crippen LogP contribution in [0.2, 0.25) is 0 Å². The van der Waals surface area contributed by atoms with Gasteiger partial charge in [-0.3, -0.25) is 14.2 Å². The van der Waals surface area contributed by atoms with E-state index in [9.17, 15) is 4.79 Å². The van der Waals surface area contributed by atoms with E-state index in [1.165, 1.54) is 19.3 Å². The maximum atomic E-state index is 12.8. The normalized spacial score (nSPS) is 21.7. The summed E-state index contributed by atoms with van der Waals surface area (Å²) in [6.07, 6.45) is 7.53. The van der Waals surface area contributed by atoms with Crippen molar-refractivity contribution >= 4 is 5.91 Å². The van der Waals surface area contributed by atoms with Crippen LogP contribution in [0.15, 0.2) is 24.5 Å². The van der Waals surface area contributed by atoms with Crippen LogP contribution in [0.4, 0.5) is 0 Å². The lowest BCUT2D eigenvalue weighted by Gasteiger charge is -2.37. The van der Waals surface area contributed by atoms with Crippen molar-refractivity contribution in [2.75, 3.05) is 26.2 Å². The predicted octanol–water partition coefficient (Wildman–Crippen LogP) is 1.30. The number of hydrogen-bond donors (Lipinski definition) is 0. The molecule has 1 amide bonds. The standard InChI is InChI=1S/C17H24N6O/c1-20-10-6-16(19-20)17(24)22-12-14-5-7-18-23(14)15(13-22)11-21-8-3-2-4-9-21/h5-7,10,15H,2-4,8-9,11-13H2,1H3/t15-/m1/s1. The number of aromatic nitrogens is 4. The maximum Gasteiger partial charge on any atom is 0.274 e. The van der Waals surface area contributed by atoms with Crippen molar-refractivity contribution in [3.8, 4) is 0 Å². The molecule has 2 aromatic heterocycles. The van der Waals surface area contributed by atoms with E-state index in [1.54, 1.807) is 10.7 Å². The molecule has 2 aliphatic rings. The largest absolute Gasteiger partial charge is 0.329 e. The average molecular weight is 328 g/mol. The highest BCUT2D eigenvalue weighted by atomic mass is 16.2. The molecule has 24 heavy (non-hydrogen) atoms. The van der Waals surface area contributed by atoms with Gasteiger partial charge in [-0.1, -0.05) is 6.42 Å². The summed E-state index contributed by atoms with van der Waals surface area (Å²) in [5.41, 5.74) is 1.62. The molecule has 4 rings (SSSR count).